The van der Waals surface area contributed by atoms with Crippen molar-refractivity contribution in [3.8, 4) is 5.75 Å². The van der Waals surface area contributed by atoms with Gasteiger partial charge in [0.1, 0.15) is 5.75 Å². The molecule has 0 aromatic heterocycles. The van der Waals surface area contributed by atoms with Crippen LogP contribution in [0.15, 0.2) is 42.5 Å². The van der Waals surface area contributed by atoms with E-state index in [0.717, 1.165) is 0 Å². The molecule has 0 radical (unpaired) electrons. The van der Waals surface area contributed by atoms with Gasteiger partial charge in [-0.2, -0.15) is 0 Å². The van der Waals surface area contributed by atoms with E-state index in [0.29, 0.717) is 27.2 Å². The van der Waals surface area contributed by atoms with Crippen molar-refractivity contribution in [2.45, 2.75) is 0 Å². The summed E-state index contributed by atoms with van der Waals surface area (Å²) in [6.45, 7) is 0. The molecule has 0 fully saturated rings. The highest BCUT2D eigenvalue weighted by Gasteiger charge is 2.04. The van der Waals surface area contributed by atoms with Crippen molar-refractivity contribution in [1.82, 2.24) is 5.43 Å². The van der Waals surface area contributed by atoms with Crippen molar-refractivity contribution in [2.24, 2.45) is 0 Å². The zero-order chi connectivity index (χ0) is 15.2. The lowest BCUT2D eigenvalue weighted by molar-refractivity contribution is 0.254. The minimum absolute atomic E-state index is 0.409. The van der Waals surface area contributed by atoms with Crippen LogP contribution in [0.2, 0.25) is 10.0 Å². The van der Waals surface area contributed by atoms with Crippen molar-refractivity contribution in [3.63, 3.8) is 0 Å². The first kappa shape index (κ1) is 15.3. The molecule has 110 valence electrons. The fourth-order valence-electron chi connectivity index (χ4n) is 1.55. The van der Waals surface area contributed by atoms with Crippen LogP contribution in [0.5, 0.6) is 5.75 Å². The number of carbonyl (C=O) groups excluding carboxylic acids is 1. The molecule has 0 aliphatic heterocycles. The maximum absolute atomic E-state index is 11.7. The van der Waals surface area contributed by atoms with E-state index in [1.165, 1.54) is 0 Å². The molecule has 2 aromatic carbocycles. The first-order chi connectivity index (χ1) is 10.1. The summed E-state index contributed by atoms with van der Waals surface area (Å²) in [5, 5.41) is 3.59. The Kier molecular flexibility index (Phi) is 5.14. The first-order valence-corrected chi connectivity index (χ1v) is 6.76. The standard InChI is InChI=1S/C14H13Cl2N3O2/c1-21-11-5-3-10(4-6-11)17-14(20)19-18-13-7-2-9(15)8-12(13)16/h2-8,18H,1H3,(H2,17,19,20). The van der Waals surface area contributed by atoms with E-state index in [1.54, 1.807) is 49.6 Å². The molecule has 21 heavy (non-hydrogen) atoms. The van der Waals surface area contributed by atoms with Gasteiger partial charge in [0, 0.05) is 10.7 Å². The van der Waals surface area contributed by atoms with Gasteiger partial charge in [-0.3, -0.25) is 10.9 Å². The van der Waals surface area contributed by atoms with Crippen molar-refractivity contribution >= 4 is 40.6 Å². The molecule has 0 saturated carbocycles. The van der Waals surface area contributed by atoms with Gasteiger partial charge in [0.2, 0.25) is 0 Å². The third-order valence-electron chi connectivity index (χ3n) is 2.59. The molecule has 2 amide bonds. The smallest absolute Gasteiger partial charge is 0.337 e. The van der Waals surface area contributed by atoms with E-state index >= 15 is 0 Å². The van der Waals surface area contributed by atoms with Crippen LogP contribution in [0.1, 0.15) is 0 Å². The van der Waals surface area contributed by atoms with E-state index in [4.69, 9.17) is 27.9 Å². The minimum Gasteiger partial charge on any atom is -0.497 e. The van der Waals surface area contributed by atoms with Crippen LogP contribution in [0.3, 0.4) is 0 Å². The van der Waals surface area contributed by atoms with Gasteiger partial charge in [0.25, 0.3) is 0 Å². The Morgan fingerprint density at radius 3 is 2.43 bits per heavy atom. The van der Waals surface area contributed by atoms with Crippen LogP contribution < -0.4 is 20.9 Å². The predicted octanol–water partition coefficient (Wildman–Crippen LogP) is 4.15. The number of benzene rings is 2. The summed E-state index contributed by atoms with van der Waals surface area (Å²) in [6.07, 6.45) is 0. The van der Waals surface area contributed by atoms with E-state index < -0.39 is 6.03 Å². The number of ether oxygens (including phenoxy) is 1. The number of hydrogen-bond donors (Lipinski definition) is 3. The van der Waals surface area contributed by atoms with Crippen LogP contribution in [0.4, 0.5) is 16.2 Å². The molecule has 5 nitrogen and oxygen atoms in total. The SMILES string of the molecule is COc1ccc(NC(=O)NNc2ccc(Cl)cc2Cl)cc1. The largest absolute Gasteiger partial charge is 0.497 e. The second-order valence-corrected chi connectivity index (χ2v) is 4.90. The Morgan fingerprint density at radius 1 is 1.10 bits per heavy atom. The number of carbonyl (C=O) groups is 1. The average molecular weight is 326 g/mol. The Hall–Kier alpha value is -2.11. The summed E-state index contributed by atoms with van der Waals surface area (Å²) in [5.74, 6) is 0.715. The lowest BCUT2D eigenvalue weighted by Crippen LogP contribution is -2.33. The molecule has 0 aliphatic rings. The average Bonchev–Trinajstić information content (AvgIpc) is 2.47. The van der Waals surface area contributed by atoms with Gasteiger partial charge in [-0.1, -0.05) is 23.2 Å². The van der Waals surface area contributed by atoms with Gasteiger partial charge in [-0.05, 0) is 42.5 Å². The zero-order valence-electron chi connectivity index (χ0n) is 11.1. The van der Waals surface area contributed by atoms with Crippen LogP contribution in [0.25, 0.3) is 0 Å². The number of urea groups is 1. The highest BCUT2D eigenvalue weighted by atomic mass is 35.5. The zero-order valence-corrected chi connectivity index (χ0v) is 12.6. The lowest BCUT2D eigenvalue weighted by atomic mass is 10.3. The molecule has 0 atom stereocenters. The third-order valence-corrected chi connectivity index (χ3v) is 3.14. The summed E-state index contributed by atoms with van der Waals surface area (Å²) in [5.41, 5.74) is 6.37. The fourth-order valence-corrected chi connectivity index (χ4v) is 2.01. The van der Waals surface area contributed by atoms with Crippen molar-refractivity contribution < 1.29 is 9.53 Å². The molecular weight excluding hydrogens is 313 g/mol. The minimum atomic E-state index is -0.425. The second kappa shape index (κ2) is 7.06. The van der Waals surface area contributed by atoms with Crippen LogP contribution in [-0.2, 0) is 0 Å². The number of hydrazine groups is 1. The topological polar surface area (TPSA) is 62.4 Å². The second-order valence-electron chi connectivity index (χ2n) is 4.06. The number of rotatable bonds is 4. The molecular formula is C14H13Cl2N3O2. The van der Waals surface area contributed by atoms with Crippen LogP contribution >= 0.6 is 23.2 Å². The molecule has 7 heteroatoms. The summed E-state index contributed by atoms with van der Waals surface area (Å²) >= 11 is 11.8. The number of halogens is 2. The molecule has 2 aromatic rings. The van der Waals surface area contributed by atoms with E-state index in [1.807, 2.05) is 0 Å². The number of anilines is 2. The van der Waals surface area contributed by atoms with Crippen molar-refractivity contribution in [3.05, 3.63) is 52.5 Å². The molecule has 0 unspecified atom stereocenters. The van der Waals surface area contributed by atoms with Crippen LogP contribution in [0, 0.1) is 0 Å². The Balaban J connectivity index is 1.89. The highest BCUT2D eigenvalue weighted by Crippen LogP contribution is 2.24. The summed E-state index contributed by atoms with van der Waals surface area (Å²) < 4.78 is 5.04. The number of amides is 2. The number of nitrogens with one attached hydrogen (secondary N) is 3. The van der Waals surface area contributed by atoms with Gasteiger partial charge in [-0.25, -0.2) is 4.79 Å². The van der Waals surface area contributed by atoms with E-state index in [9.17, 15) is 4.79 Å². The highest BCUT2D eigenvalue weighted by molar-refractivity contribution is 6.36. The number of hydrogen-bond acceptors (Lipinski definition) is 3. The van der Waals surface area contributed by atoms with Crippen molar-refractivity contribution in [2.75, 3.05) is 17.9 Å². The molecule has 0 spiro atoms. The monoisotopic (exact) mass is 325 g/mol. The van der Waals surface area contributed by atoms with Gasteiger partial charge in [-0.15, -0.1) is 0 Å². The molecule has 3 N–H and O–H groups in total. The molecule has 0 bridgehead atoms. The lowest BCUT2D eigenvalue weighted by Gasteiger charge is -2.11. The Labute approximate surface area is 132 Å². The molecule has 0 saturated heterocycles. The van der Waals surface area contributed by atoms with Crippen molar-refractivity contribution in [1.29, 1.82) is 0 Å². The maximum atomic E-state index is 11.7. The van der Waals surface area contributed by atoms with Crippen LogP contribution in [-0.4, -0.2) is 13.1 Å². The van der Waals surface area contributed by atoms with E-state index in [2.05, 4.69) is 16.2 Å². The van der Waals surface area contributed by atoms with Gasteiger partial charge in [0.15, 0.2) is 0 Å². The number of methoxy groups -OCH3 is 1. The predicted molar refractivity (Wildman–Crippen MR) is 85.2 cm³/mol. The van der Waals surface area contributed by atoms with Gasteiger partial charge >= 0.3 is 6.03 Å². The normalized spacial score (nSPS) is 9.86. The third kappa shape index (κ3) is 4.44. The molecule has 0 aliphatic carbocycles. The Bertz CT molecular complexity index is 633. The molecule has 0 heterocycles. The summed E-state index contributed by atoms with van der Waals surface area (Å²) in [4.78, 5) is 11.7. The molecule has 2 rings (SSSR count). The van der Waals surface area contributed by atoms with Gasteiger partial charge < -0.3 is 10.1 Å². The Morgan fingerprint density at radius 2 is 1.81 bits per heavy atom. The van der Waals surface area contributed by atoms with Gasteiger partial charge in [0.05, 0.1) is 17.8 Å². The quantitative estimate of drug-likeness (QED) is 0.740. The maximum Gasteiger partial charge on any atom is 0.337 e. The van der Waals surface area contributed by atoms with E-state index in [-0.39, 0.29) is 0 Å². The first-order valence-electron chi connectivity index (χ1n) is 6.00. The summed E-state index contributed by atoms with van der Waals surface area (Å²) in [7, 11) is 1.58. The fraction of sp³-hybridized carbons (Fsp3) is 0.0714. The summed E-state index contributed by atoms with van der Waals surface area (Å²) in [6, 6.07) is 11.4.